The first kappa shape index (κ1) is 24.6. The van der Waals surface area contributed by atoms with Gasteiger partial charge in [-0.05, 0) is 52.7 Å². The van der Waals surface area contributed by atoms with E-state index >= 15 is 0 Å². The van der Waals surface area contributed by atoms with Crippen LogP contribution in [-0.4, -0.2) is 33.0 Å². The van der Waals surface area contributed by atoms with Crippen LogP contribution in [0.5, 0.6) is 5.75 Å². The van der Waals surface area contributed by atoms with E-state index in [1.54, 1.807) is 30.3 Å². The predicted molar refractivity (Wildman–Crippen MR) is 134 cm³/mol. The lowest BCUT2D eigenvalue weighted by atomic mass is 10.3. The van der Waals surface area contributed by atoms with Gasteiger partial charge in [-0.15, -0.1) is 16.8 Å². The normalized spacial score (nSPS) is 10.7. The lowest BCUT2D eigenvalue weighted by Gasteiger charge is -2.10. The van der Waals surface area contributed by atoms with Crippen molar-refractivity contribution in [2.45, 2.75) is 24.5 Å². The van der Waals surface area contributed by atoms with Gasteiger partial charge in [0.05, 0.1) is 27.5 Å². The van der Waals surface area contributed by atoms with E-state index < -0.39 is 0 Å². The molecule has 10 heteroatoms. The molecule has 1 aromatic heterocycles. The number of anilines is 1. The van der Waals surface area contributed by atoms with Gasteiger partial charge in [-0.25, -0.2) is 0 Å². The Morgan fingerprint density at radius 3 is 2.81 bits per heavy atom. The van der Waals surface area contributed by atoms with Gasteiger partial charge in [0.2, 0.25) is 5.91 Å². The maximum Gasteiger partial charge on any atom is 0.234 e. The second-order valence-corrected chi connectivity index (χ2v) is 9.28. The minimum Gasteiger partial charge on any atom is -0.492 e. The molecule has 0 atom stereocenters. The Morgan fingerprint density at radius 1 is 1.25 bits per heavy atom. The van der Waals surface area contributed by atoms with Gasteiger partial charge in [-0.2, -0.15) is 0 Å². The number of hydrogen-bond donors (Lipinski definition) is 1. The van der Waals surface area contributed by atoms with Crippen LogP contribution >= 0.6 is 50.9 Å². The number of carbonyl (C=O) groups excluding carboxylic acids is 1. The SMILES string of the molecule is C=CCn1c(CCCOc2ccc(Cl)cc2Br)nnc1SCC(=O)Nc1ccccc1Cl. The summed E-state index contributed by atoms with van der Waals surface area (Å²) in [6.07, 6.45) is 3.21. The summed E-state index contributed by atoms with van der Waals surface area (Å²) >= 11 is 16.8. The fourth-order valence-corrected chi connectivity index (χ4v) is 4.55. The number of aromatic nitrogens is 3. The molecule has 1 amide bonds. The molecule has 0 aliphatic carbocycles. The molecule has 3 rings (SSSR count). The number of thioether (sulfide) groups is 1. The first-order chi connectivity index (χ1) is 15.5. The van der Waals surface area contributed by atoms with Crippen molar-refractivity contribution in [2.75, 3.05) is 17.7 Å². The molecule has 0 saturated heterocycles. The van der Waals surface area contributed by atoms with Crippen molar-refractivity contribution in [3.63, 3.8) is 0 Å². The van der Waals surface area contributed by atoms with Gasteiger partial charge in [0.1, 0.15) is 11.6 Å². The molecule has 3 aromatic rings. The number of para-hydroxylation sites is 1. The van der Waals surface area contributed by atoms with E-state index in [9.17, 15) is 4.79 Å². The summed E-state index contributed by atoms with van der Waals surface area (Å²) in [5.41, 5.74) is 0.584. The van der Waals surface area contributed by atoms with Crippen LogP contribution in [0.4, 0.5) is 5.69 Å². The molecule has 0 spiro atoms. The molecule has 0 aliphatic rings. The molecule has 6 nitrogen and oxygen atoms in total. The number of benzene rings is 2. The van der Waals surface area contributed by atoms with Crippen molar-refractivity contribution in [3.8, 4) is 5.75 Å². The number of rotatable bonds is 11. The lowest BCUT2D eigenvalue weighted by molar-refractivity contribution is -0.113. The molecule has 0 unspecified atom stereocenters. The summed E-state index contributed by atoms with van der Waals surface area (Å²) in [6.45, 7) is 4.88. The Hall–Kier alpha value is -2.00. The average Bonchev–Trinajstić information content (AvgIpc) is 3.14. The van der Waals surface area contributed by atoms with E-state index in [2.05, 4.69) is 38.0 Å². The van der Waals surface area contributed by atoms with Crippen molar-refractivity contribution < 1.29 is 9.53 Å². The van der Waals surface area contributed by atoms with Crippen LogP contribution in [0.3, 0.4) is 0 Å². The van der Waals surface area contributed by atoms with Crippen molar-refractivity contribution in [1.29, 1.82) is 0 Å². The Bertz CT molecular complexity index is 1090. The third-order valence-electron chi connectivity index (χ3n) is 4.28. The Labute approximate surface area is 209 Å². The number of ether oxygens (including phenoxy) is 1. The molecule has 0 saturated carbocycles. The van der Waals surface area contributed by atoms with Gasteiger partial charge >= 0.3 is 0 Å². The highest BCUT2D eigenvalue weighted by Crippen LogP contribution is 2.28. The summed E-state index contributed by atoms with van der Waals surface area (Å²) < 4.78 is 8.58. The predicted octanol–water partition coefficient (Wildman–Crippen LogP) is 6.28. The smallest absolute Gasteiger partial charge is 0.234 e. The molecule has 2 aromatic carbocycles. The van der Waals surface area contributed by atoms with Gasteiger partial charge in [0.15, 0.2) is 5.16 Å². The quantitative estimate of drug-likeness (QED) is 0.171. The van der Waals surface area contributed by atoms with Crippen molar-refractivity contribution in [2.24, 2.45) is 0 Å². The number of halogens is 3. The third kappa shape index (κ3) is 7.00. The van der Waals surface area contributed by atoms with E-state index in [4.69, 9.17) is 27.9 Å². The molecular formula is C22H21BrCl2N4O2S. The summed E-state index contributed by atoms with van der Waals surface area (Å²) in [6, 6.07) is 12.5. The first-order valence-corrected chi connectivity index (χ1v) is 12.3. The zero-order chi connectivity index (χ0) is 22.9. The summed E-state index contributed by atoms with van der Waals surface area (Å²) in [7, 11) is 0. The molecule has 1 N–H and O–H groups in total. The fourth-order valence-electron chi connectivity index (χ4n) is 2.81. The van der Waals surface area contributed by atoms with Crippen molar-refractivity contribution >= 4 is 62.5 Å². The van der Waals surface area contributed by atoms with E-state index in [-0.39, 0.29) is 11.7 Å². The number of aryl methyl sites for hydroxylation is 1. The number of allylic oxidation sites excluding steroid dienone is 1. The maximum absolute atomic E-state index is 12.3. The van der Waals surface area contributed by atoms with Gasteiger partial charge in [-0.1, -0.05) is 53.2 Å². The molecule has 0 fully saturated rings. The van der Waals surface area contributed by atoms with E-state index in [1.807, 2.05) is 22.8 Å². The average molecular weight is 556 g/mol. The zero-order valence-corrected chi connectivity index (χ0v) is 21.0. The zero-order valence-electron chi connectivity index (χ0n) is 17.1. The fraction of sp³-hybridized carbons (Fsp3) is 0.227. The van der Waals surface area contributed by atoms with Gasteiger partial charge in [0, 0.05) is 18.0 Å². The van der Waals surface area contributed by atoms with Gasteiger partial charge < -0.3 is 14.6 Å². The molecule has 1 heterocycles. The van der Waals surface area contributed by atoms with Gasteiger partial charge in [-0.3, -0.25) is 4.79 Å². The summed E-state index contributed by atoms with van der Waals surface area (Å²) in [5.74, 6) is 1.58. The Morgan fingerprint density at radius 2 is 2.06 bits per heavy atom. The highest BCUT2D eigenvalue weighted by atomic mass is 79.9. The minimum atomic E-state index is -0.167. The first-order valence-electron chi connectivity index (χ1n) is 9.76. The van der Waals surface area contributed by atoms with E-state index in [1.165, 1.54) is 11.8 Å². The van der Waals surface area contributed by atoms with Crippen LogP contribution in [0.15, 0.2) is 64.7 Å². The number of amides is 1. The molecule has 168 valence electrons. The monoisotopic (exact) mass is 554 g/mol. The number of nitrogens with one attached hydrogen (secondary N) is 1. The standard InChI is InChI=1S/C22H21BrCl2N4O2S/c1-2-11-29-20(8-5-12-31-19-10-9-15(24)13-16(19)23)27-28-22(29)32-14-21(30)26-18-7-4-3-6-17(18)25/h2-4,6-7,9-10,13H,1,5,8,11-12,14H2,(H,26,30). The van der Waals surface area contributed by atoms with Crippen LogP contribution in [-0.2, 0) is 17.8 Å². The highest BCUT2D eigenvalue weighted by molar-refractivity contribution is 9.10. The summed E-state index contributed by atoms with van der Waals surface area (Å²) in [5, 5.41) is 13.2. The molecule has 0 aliphatic heterocycles. The van der Waals surface area contributed by atoms with Crippen LogP contribution < -0.4 is 10.1 Å². The van der Waals surface area contributed by atoms with Crippen molar-refractivity contribution in [3.05, 3.63) is 75.5 Å². The summed E-state index contributed by atoms with van der Waals surface area (Å²) in [4.78, 5) is 12.3. The number of carbonyl (C=O) groups is 1. The van der Waals surface area contributed by atoms with Crippen LogP contribution in [0.25, 0.3) is 0 Å². The van der Waals surface area contributed by atoms with Crippen molar-refractivity contribution in [1.82, 2.24) is 14.8 Å². The molecule has 32 heavy (non-hydrogen) atoms. The minimum absolute atomic E-state index is 0.167. The molecule has 0 radical (unpaired) electrons. The highest BCUT2D eigenvalue weighted by Gasteiger charge is 2.14. The lowest BCUT2D eigenvalue weighted by Crippen LogP contribution is -2.15. The Balaban J connectivity index is 1.53. The van der Waals surface area contributed by atoms with Gasteiger partial charge in [0.25, 0.3) is 0 Å². The number of nitrogens with zero attached hydrogens (tertiary/aromatic N) is 3. The Kier molecular flexibility index (Phi) is 9.47. The largest absolute Gasteiger partial charge is 0.492 e. The van der Waals surface area contributed by atoms with E-state index in [0.29, 0.717) is 40.5 Å². The third-order valence-corrected chi connectivity index (χ3v) is 6.43. The maximum atomic E-state index is 12.3. The van der Waals surface area contributed by atoms with Crippen LogP contribution in [0.1, 0.15) is 12.2 Å². The second-order valence-electron chi connectivity index (χ2n) is 6.64. The number of hydrogen-bond acceptors (Lipinski definition) is 5. The molecule has 0 bridgehead atoms. The molecular weight excluding hydrogens is 535 g/mol. The van der Waals surface area contributed by atoms with Crippen LogP contribution in [0.2, 0.25) is 10.0 Å². The van der Waals surface area contributed by atoms with Crippen LogP contribution in [0, 0.1) is 0 Å². The topological polar surface area (TPSA) is 69.0 Å². The van der Waals surface area contributed by atoms with E-state index in [0.717, 1.165) is 22.5 Å². The second kappa shape index (κ2) is 12.3.